The van der Waals surface area contributed by atoms with E-state index in [1.807, 2.05) is 0 Å². The molecule has 1 amide bonds. The maximum Gasteiger partial charge on any atom is 0.277 e. The van der Waals surface area contributed by atoms with E-state index in [0.29, 0.717) is 5.82 Å². The van der Waals surface area contributed by atoms with Gasteiger partial charge >= 0.3 is 0 Å². The Labute approximate surface area is 90.8 Å². The monoisotopic (exact) mass is 216 g/mol. The lowest BCUT2D eigenvalue weighted by Crippen LogP contribution is -2.15. The first-order valence-electron chi connectivity index (χ1n) is 4.42. The summed E-state index contributed by atoms with van der Waals surface area (Å²) < 4.78 is 0. The standard InChI is InChI=1S/C9H8N6O/c10-7-5-11-6(4-12-7)9(16)14-8-2-1-3-13-15-8/h1-5H,(H2,10,12)(H,14,15,16). The quantitative estimate of drug-likeness (QED) is 0.737. The molecule has 0 aliphatic heterocycles. The first kappa shape index (κ1) is 9.97. The normalized spacial score (nSPS) is 9.75. The average Bonchev–Trinajstić information content (AvgIpc) is 2.31. The fraction of sp³-hybridized carbons (Fsp3) is 0. The number of nitrogens with two attached hydrogens (primary N) is 1. The Morgan fingerprint density at radius 3 is 2.81 bits per heavy atom. The van der Waals surface area contributed by atoms with Crippen molar-refractivity contribution in [3.05, 3.63) is 36.4 Å². The molecule has 3 N–H and O–H groups in total. The molecule has 0 saturated carbocycles. The number of nitrogens with one attached hydrogen (secondary N) is 1. The lowest BCUT2D eigenvalue weighted by molar-refractivity contribution is 0.102. The number of aromatic nitrogens is 4. The molecular formula is C9H8N6O. The largest absolute Gasteiger partial charge is 0.382 e. The summed E-state index contributed by atoms with van der Waals surface area (Å²) in [7, 11) is 0. The van der Waals surface area contributed by atoms with E-state index in [9.17, 15) is 4.79 Å². The van der Waals surface area contributed by atoms with Gasteiger partial charge in [0.2, 0.25) is 0 Å². The molecule has 16 heavy (non-hydrogen) atoms. The maximum atomic E-state index is 11.6. The zero-order chi connectivity index (χ0) is 11.4. The summed E-state index contributed by atoms with van der Waals surface area (Å²) in [4.78, 5) is 19.2. The second kappa shape index (κ2) is 4.30. The second-order valence-corrected chi connectivity index (χ2v) is 2.89. The van der Waals surface area contributed by atoms with Crippen LogP contribution >= 0.6 is 0 Å². The molecule has 80 valence electrons. The van der Waals surface area contributed by atoms with Crippen LogP contribution in [-0.4, -0.2) is 26.1 Å². The van der Waals surface area contributed by atoms with E-state index in [2.05, 4.69) is 25.5 Å². The van der Waals surface area contributed by atoms with Gasteiger partial charge in [0.05, 0.1) is 12.4 Å². The number of nitrogens with zero attached hydrogens (tertiary/aromatic N) is 4. The Kier molecular flexibility index (Phi) is 2.68. The highest BCUT2D eigenvalue weighted by molar-refractivity contribution is 6.02. The van der Waals surface area contributed by atoms with Crippen LogP contribution in [-0.2, 0) is 0 Å². The summed E-state index contributed by atoms with van der Waals surface area (Å²) in [5, 5.41) is 9.85. The van der Waals surface area contributed by atoms with Crippen molar-refractivity contribution in [3.8, 4) is 0 Å². The molecule has 7 heteroatoms. The van der Waals surface area contributed by atoms with E-state index in [1.54, 1.807) is 12.1 Å². The molecule has 0 aliphatic rings. The van der Waals surface area contributed by atoms with Gasteiger partial charge in [-0.3, -0.25) is 4.79 Å². The van der Waals surface area contributed by atoms with Crippen molar-refractivity contribution in [3.63, 3.8) is 0 Å². The number of nitrogen functional groups attached to an aromatic ring is 1. The van der Waals surface area contributed by atoms with Gasteiger partial charge in [-0.15, -0.1) is 5.10 Å². The summed E-state index contributed by atoms with van der Waals surface area (Å²) in [6, 6.07) is 3.28. The Balaban J connectivity index is 2.12. The highest BCUT2D eigenvalue weighted by Crippen LogP contribution is 2.02. The van der Waals surface area contributed by atoms with Crippen molar-refractivity contribution in [2.75, 3.05) is 11.1 Å². The van der Waals surface area contributed by atoms with E-state index in [1.165, 1.54) is 18.6 Å². The van der Waals surface area contributed by atoms with Gasteiger partial charge in [0.15, 0.2) is 5.82 Å². The molecule has 0 unspecified atom stereocenters. The van der Waals surface area contributed by atoms with E-state index >= 15 is 0 Å². The molecule has 0 atom stereocenters. The van der Waals surface area contributed by atoms with Crippen LogP contribution < -0.4 is 11.1 Å². The third-order valence-electron chi connectivity index (χ3n) is 1.72. The third kappa shape index (κ3) is 2.27. The Bertz CT molecular complexity index is 483. The van der Waals surface area contributed by atoms with Gasteiger partial charge in [-0.05, 0) is 12.1 Å². The topological polar surface area (TPSA) is 107 Å². The molecule has 0 radical (unpaired) electrons. The van der Waals surface area contributed by atoms with E-state index < -0.39 is 5.91 Å². The predicted octanol–water partition coefficient (Wildman–Crippen LogP) is 0.101. The molecular weight excluding hydrogens is 208 g/mol. The van der Waals surface area contributed by atoms with Crippen molar-refractivity contribution in [1.82, 2.24) is 20.2 Å². The number of rotatable bonds is 2. The third-order valence-corrected chi connectivity index (χ3v) is 1.72. The van der Waals surface area contributed by atoms with Crippen molar-refractivity contribution in [2.45, 2.75) is 0 Å². The Morgan fingerprint density at radius 1 is 1.31 bits per heavy atom. The molecule has 2 aromatic rings. The van der Waals surface area contributed by atoms with Crippen molar-refractivity contribution in [2.24, 2.45) is 0 Å². The van der Waals surface area contributed by atoms with Gasteiger partial charge in [0, 0.05) is 6.20 Å². The van der Waals surface area contributed by atoms with Crippen LogP contribution in [0.25, 0.3) is 0 Å². The van der Waals surface area contributed by atoms with Crippen LogP contribution in [0.3, 0.4) is 0 Å². The zero-order valence-electron chi connectivity index (χ0n) is 8.16. The van der Waals surface area contributed by atoms with Crippen LogP contribution in [0, 0.1) is 0 Å². The summed E-state index contributed by atoms with van der Waals surface area (Å²) in [5.74, 6) is 0.204. The Morgan fingerprint density at radius 2 is 2.19 bits per heavy atom. The number of carbonyl (C=O) groups excluding carboxylic acids is 1. The van der Waals surface area contributed by atoms with Gasteiger partial charge in [-0.1, -0.05) is 0 Å². The maximum absolute atomic E-state index is 11.6. The smallest absolute Gasteiger partial charge is 0.277 e. The van der Waals surface area contributed by atoms with Crippen LogP contribution in [0.2, 0.25) is 0 Å². The summed E-state index contributed by atoms with van der Waals surface area (Å²) in [6.45, 7) is 0. The summed E-state index contributed by atoms with van der Waals surface area (Å²) in [5.41, 5.74) is 5.52. The van der Waals surface area contributed by atoms with Crippen molar-refractivity contribution >= 4 is 17.5 Å². The van der Waals surface area contributed by atoms with Gasteiger partial charge in [-0.25, -0.2) is 9.97 Å². The molecule has 0 aromatic carbocycles. The highest BCUT2D eigenvalue weighted by Gasteiger charge is 2.08. The van der Waals surface area contributed by atoms with Crippen molar-refractivity contribution < 1.29 is 4.79 Å². The van der Waals surface area contributed by atoms with Crippen molar-refractivity contribution in [1.29, 1.82) is 0 Å². The number of hydrogen-bond donors (Lipinski definition) is 2. The van der Waals surface area contributed by atoms with E-state index in [0.717, 1.165) is 0 Å². The minimum absolute atomic E-state index is 0.167. The number of carbonyl (C=O) groups is 1. The van der Waals surface area contributed by atoms with E-state index in [-0.39, 0.29) is 11.5 Å². The number of amides is 1. The molecule has 0 fully saturated rings. The second-order valence-electron chi connectivity index (χ2n) is 2.89. The molecule has 0 spiro atoms. The number of anilines is 2. The molecule has 2 aromatic heterocycles. The van der Waals surface area contributed by atoms with Crippen LogP contribution in [0.1, 0.15) is 10.5 Å². The van der Waals surface area contributed by atoms with E-state index in [4.69, 9.17) is 5.73 Å². The molecule has 0 aliphatic carbocycles. The van der Waals surface area contributed by atoms with Gasteiger partial charge in [-0.2, -0.15) is 5.10 Å². The van der Waals surface area contributed by atoms with Crippen LogP contribution in [0.4, 0.5) is 11.6 Å². The first-order chi connectivity index (χ1) is 7.75. The fourth-order valence-corrected chi connectivity index (χ4v) is 1.00. The van der Waals surface area contributed by atoms with Gasteiger partial charge in [0.25, 0.3) is 5.91 Å². The zero-order valence-corrected chi connectivity index (χ0v) is 8.16. The molecule has 0 saturated heterocycles. The lowest BCUT2D eigenvalue weighted by Gasteiger charge is -2.01. The first-order valence-corrected chi connectivity index (χ1v) is 4.42. The average molecular weight is 216 g/mol. The highest BCUT2D eigenvalue weighted by atomic mass is 16.1. The molecule has 2 heterocycles. The molecule has 2 rings (SSSR count). The lowest BCUT2D eigenvalue weighted by atomic mass is 10.4. The Hall–Kier alpha value is -2.57. The van der Waals surface area contributed by atoms with Crippen LogP contribution in [0.15, 0.2) is 30.7 Å². The predicted molar refractivity (Wildman–Crippen MR) is 56.4 cm³/mol. The number of hydrogen-bond acceptors (Lipinski definition) is 6. The summed E-state index contributed by atoms with van der Waals surface area (Å²) in [6.07, 6.45) is 4.12. The minimum Gasteiger partial charge on any atom is -0.382 e. The fourth-order valence-electron chi connectivity index (χ4n) is 1.00. The van der Waals surface area contributed by atoms with Crippen LogP contribution in [0.5, 0.6) is 0 Å². The molecule has 0 bridgehead atoms. The minimum atomic E-state index is -0.409. The van der Waals surface area contributed by atoms with Gasteiger partial charge in [0.1, 0.15) is 11.5 Å². The van der Waals surface area contributed by atoms with Gasteiger partial charge < -0.3 is 11.1 Å². The summed E-state index contributed by atoms with van der Waals surface area (Å²) >= 11 is 0. The SMILES string of the molecule is Nc1cnc(C(=O)Nc2cccnn2)cn1. The molecule has 7 nitrogen and oxygen atoms in total.